The Morgan fingerprint density at radius 2 is 1.94 bits per heavy atom. The molecule has 5 heteroatoms. The topological polar surface area (TPSA) is 39.1 Å². The average molecular weight is 269 g/mol. The molecule has 0 amide bonds. The first-order chi connectivity index (χ1) is 8.28. The van der Waals surface area contributed by atoms with E-state index in [1.807, 2.05) is 24.5 Å². The molecule has 0 aliphatic heterocycles. The van der Waals surface area contributed by atoms with Gasteiger partial charge in [-0.15, -0.1) is 0 Å². The molecule has 0 saturated heterocycles. The van der Waals surface area contributed by atoms with Crippen LogP contribution in [0.5, 0.6) is 0 Å². The van der Waals surface area contributed by atoms with Crippen molar-refractivity contribution in [2.24, 2.45) is 0 Å². The summed E-state index contributed by atoms with van der Waals surface area (Å²) in [5.41, 5.74) is 1.44. The van der Waals surface area contributed by atoms with Gasteiger partial charge in [0.2, 0.25) is 0 Å². The normalized spacial score (nSPS) is 12.5. The monoisotopic (exact) mass is 269 g/mol. The first-order valence-electron chi connectivity index (χ1n) is 5.75. The highest BCUT2D eigenvalue weighted by Crippen LogP contribution is 2.26. The zero-order valence-electron chi connectivity index (χ0n) is 10.6. The van der Waals surface area contributed by atoms with Crippen LogP contribution < -0.4 is 0 Å². The predicted molar refractivity (Wildman–Crippen MR) is 70.8 cm³/mol. The molecular formula is C13H16FNO2S. The van der Waals surface area contributed by atoms with Crippen molar-refractivity contribution in [3.63, 3.8) is 0 Å². The summed E-state index contributed by atoms with van der Waals surface area (Å²) in [4.78, 5) is 0. The summed E-state index contributed by atoms with van der Waals surface area (Å²) in [5.74, 6) is -0.338. The van der Waals surface area contributed by atoms with Crippen LogP contribution in [-0.4, -0.2) is 19.2 Å². The van der Waals surface area contributed by atoms with Crippen LogP contribution in [0.15, 0.2) is 24.3 Å². The summed E-state index contributed by atoms with van der Waals surface area (Å²) in [6.45, 7) is 3.91. The fourth-order valence-corrected chi connectivity index (χ4v) is 3.00. The molecule has 0 unspecified atom stereocenters. The van der Waals surface area contributed by atoms with E-state index in [2.05, 4.69) is 0 Å². The van der Waals surface area contributed by atoms with Gasteiger partial charge in [-0.25, -0.2) is 12.8 Å². The average Bonchev–Trinajstić information content (AvgIpc) is 2.51. The van der Waals surface area contributed by atoms with Gasteiger partial charge in [0.25, 0.3) is 0 Å². The Bertz CT molecular complexity index is 686. The minimum atomic E-state index is -3.11. The van der Waals surface area contributed by atoms with Crippen molar-refractivity contribution in [2.45, 2.75) is 25.6 Å². The highest BCUT2D eigenvalue weighted by molar-refractivity contribution is 7.89. The smallest absolute Gasteiger partial charge is 0.153 e. The van der Waals surface area contributed by atoms with E-state index in [0.29, 0.717) is 5.69 Å². The van der Waals surface area contributed by atoms with E-state index in [9.17, 15) is 12.8 Å². The van der Waals surface area contributed by atoms with E-state index < -0.39 is 9.84 Å². The van der Waals surface area contributed by atoms with Crippen LogP contribution in [-0.2, 0) is 15.6 Å². The van der Waals surface area contributed by atoms with Gasteiger partial charge in [0.15, 0.2) is 9.84 Å². The molecule has 0 fully saturated rings. The molecule has 2 aromatic rings. The van der Waals surface area contributed by atoms with Crippen molar-refractivity contribution < 1.29 is 12.8 Å². The van der Waals surface area contributed by atoms with Crippen LogP contribution >= 0.6 is 0 Å². The van der Waals surface area contributed by atoms with Gasteiger partial charge in [0.05, 0.1) is 11.3 Å². The number of rotatable bonds is 3. The molecule has 0 saturated carbocycles. The van der Waals surface area contributed by atoms with Crippen LogP contribution in [0, 0.1) is 5.82 Å². The van der Waals surface area contributed by atoms with Crippen molar-refractivity contribution in [1.29, 1.82) is 0 Å². The zero-order valence-corrected chi connectivity index (χ0v) is 11.5. The van der Waals surface area contributed by atoms with Gasteiger partial charge >= 0.3 is 0 Å². The second kappa shape index (κ2) is 4.39. The summed E-state index contributed by atoms with van der Waals surface area (Å²) in [7, 11) is -3.11. The minimum Gasteiger partial charge on any atom is -0.341 e. The summed E-state index contributed by atoms with van der Waals surface area (Å²) < 4.78 is 38.0. The quantitative estimate of drug-likeness (QED) is 0.859. The first-order valence-corrected chi connectivity index (χ1v) is 7.81. The van der Waals surface area contributed by atoms with E-state index in [-0.39, 0.29) is 17.6 Å². The fourth-order valence-electron chi connectivity index (χ4n) is 2.24. The van der Waals surface area contributed by atoms with Gasteiger partial charge in [-0.1, -0.05) is 0 Å². The van der Waals surface area contributed by atoms with Gasteiger partial charge in [-0.2, -0.15) is 0 Å². The third-order valence-corrected chi connectivity index (χ3v) is 3.63. The van der Waals surface area contributed by atoms with Crippen molar-refractivity contribution in [1.82, 2.24) is 4.57 Å². The number of aromatic nitrogens is 1. The SMILES string of the molecule is CC(C)n1c(CS(C)(=O)=O)cc2ccc(F)cc21. The minimum absolute atomic E-state index is 0.0263. The molecule has 0 bridgehead atoms. The van der Waals surface area contributed by atoms with E-state index in [4.69, 9.17) is 0 Å². The van der Waals surface area contributed by atoms with E-state index in [1.165, 1.54) is 18.4 Å². The molecule has 18 heavy (non-hydrogen) atoms. The van der Waals surface area contributed by atoms with Gasteiger partial charge in [0.1, 0.15) is 5.82 Å². The molecule has 3 nitrogen and oxygen atoms in total. The van der Waals surface area contributed by atoms with E-state index in [0.717, 1.165) is 10.9 Å². The number of hydrogen-bond donors (Lipinski definition) is 0. The lowest BCUT2D eigenvalue weighted by molar-refractivity contribution is 0.583. The standard InChI is InChI=1S/C13H16FNO2S/c1-9(2)15-12(8-18(3,16)17)6-10-4-5-11(14)7-13(10)15/h4-7,9H,8H2,1-3H3. The predicted octanol–water partition coefficient (Wildman–Crippen LogP) is 2.91. The van der Waals surface area contributed by atoms with E-state index in [1.54, 1.807) is 6.07 Å². The lowest BCUT2D eigenvalue weighted by Crippen LogP contribution is -2.10. The third-order valence-electron chi connectivity index (χ3n) is 2.81. The second-order valence-electron chi connectivity index (χ2n) is 4.87. The van der Waals surface area contributed by atoms with Crippen molar-refractivity contribution in [3.8, 4) is 0 Å². The molecule has 1 heterocycles. The van der Waals surface area contributed by atoms with Gasteiger partial charge in [-0.05, 0) is 38.1 Å². The van der Waals surface area contributed by atoms with Crippen LogP contribution in [0.2, 0.25) is 0 Å². The number of benzene rings is 1. The van der Waals surface area contributed by atoms with Crippen LogP contribution in [0.1, 0.15) is 25.6 Å². The maximum atomic E-state index is 13.3. The lowest BCUT2D eigenvalue weighted by atomic mass is 10.2. The van der Waals surface area contributed by atoms with Crippen molar-refractivity contribution >= 4 is 20.7 Å². The Balaban J connectivity index is 2.69. The number of sulfone groups is 1. The molecule has 0 atom stereocenters. The third kappa shape index (κ3) is 2.56. The molecule has 0 N–H and O–H groups in total. The summed E-state index contributed by atoms with van der Waals surface area (Å²) in [6.07, 6.45) is 1.20. The number of hydrogen-bond acceptors (Lipinski definition) is 2. The molecule has 0 radical (unpaired) electrons. The van der Waals surface area contributed by atoms with Crippen LogP contribution in [0.25, 0.3) is 10.9 Å². The zero-order chi connectivity index (χ0) is 13.5. The Hall–Kier alpha value is -1.36. The summed E-state index contributed by atoms with van der Waals surface area (Å²) >= 11 is 0. The summed E-state index contributed by atoms with van der Waals surface area (Å²) in [5, 5.41) is 0.865. The highest BCUT2D eigenvalue weighted by atomic mass is 32.2. The molecule has 1 aromatic heterocycles. The maximum absolute atomic E-state index is 13.3. The largest absolute Gasteiger partial charge is 0.341 e. The Morgan fingerprint density at radius 1 is 1.28 bits per heavy atom. The van der Waals surface area contributed by atoms with Crippen LogP contribution in [0.4, 0.5) is 4.39 Å². The van der Waals surface area contributed by atoms with Crippen molar-refractivity contribution in [3.05, 3.63) is 35.8 Å². The van der Waals surface area contributed by atoms with Crippen molar-refractivity contribution in [2.75, 3.05) is 6.26 Å². The molecule has 0 aliphatic rings. The first kappa shape index (κ1) is 13.1. The lowest BCUT2D eigenvalue weighted by Gasteiger charge is -2.14. The Morgan fingerprint density at radius 3 is 2.50 bits per heavy atom. The Kier molecular flexibility index (Phi) is 3.19. The molecular weight excluding hydrogens is 253 g/mol. The number of nitrogens with zero attached hydrogens (tertiary/aromatic N) is 1. The number of fused-ring (bicyclic) bond motifs is 1. The summed E-state index contributed by atoms with van der Waals surface area (Å²) in [6, 6.07) is 6.41. The van der Waals surface area contributed by atoms with Crippen LogP contribution in [0.3, 0.4) is 0 Å². The maximum Gasteiger partial charge on any atom is 0.153 e. The molecule has 0 aliphatic carbocycles. The molecule has 98 valence electrons. The highest BCUT2D eigenvalue weighted by Gasteiger charge is 2.15. The van der Waals surface area contributed by atoms with Gasteiger partial charge in [0, 0.05) is 23.4 Å². The molecule has 1 aromatic carbocycles. The molecule has 2 rings (SSSR count). The number of halogens is 1. The van der Waals surface area contributed by atoms with Gasteiger partial charge in [-0.3, -0.25) is 0 Å². The second-order valence-corrected chi connectivity index (χ2v) is 7.01. The molecule has 0 spiro atoms. The Labute approximate surface area is 106 Å². The van der Waals surface area contributed by atoms with E-state index >= 15 is 0 Å². The van der Waals surface area contributed by atoms with Gasteiger partial charge < -0.3 is 4.57 Å². The fraction of sp³-hybridized carbons (Fsp3) is 0.385.